The molecule has 5 aromatic carbocycles. The second kappa shape index (κ2) is 11.8. The fraction of sp³-hybridized carbons (Fsp3) is 0.302. The Morgan fingerprint density at radius 2 is 1.50 bits per heavy atom. The Balaban J connectivity index is 1.35. The zero-order valence-corrected chi connectivity index (χ0v) is 28.0. The number of ether oxygens (including phenoxy) is 2. The summed E-state index contributed by atoms with van der Waals surface area (Å²) in [6, 6.07) is 36.1. The molecule has 2 heterocycles. The second-order valence-corrected chi connectivity index (χ2v) is 14.1. The minimum Gasteiger partial charge on any atom is -0.472 e. The Kier molecular flexibility index (Phi) is 7.58. The predicted octanol–water partition coefficient (Wildman–Crippen LogP) is 11.0. The van der Waals surface area contributed by atoms with Gasteiger partial charge >= 0.3 is 0 Å². The van der Waals surface area contributed by atoms with Gasteiger partial charge in [-0.2, -0.15) is 0 Å². The molecule has 3 heteroatoms. The number of benzene rings is 5. The van der Waals surface area contributed by atoms with Gasteiger partial charge in [-0.3, -0.25) is 0 Å². The summed E-state index contributed by atoms with van der Waals surface area (Å²) >= 11 is 1.79. The summed E-state index contributed by atoms with van der Waals surface area (Å²) in [4.78, 5) is 1.25. The molecule has 0 aromatic heterocycles. The van der Waals surface area contributed by atoms with Crippen molar-refractivity contribution < 1.29 is 9.47 Å². The van der Waals surface area contributed by atoms with Crippen molar-refractivity contribution in [2.45, 2.75) is 61.9 Å². The van der Waals surface area contributed by atoms with Gasteiger partial charge in [-0.15, -0.1) is 11.8 Å². The topological polar surface area (TPSA) is 18.5 Å². The summed E-state index contributed by atoms with van der Waals surface area (Å²) in [5.74, 6) is 1.70. The van der Waals surface area contributed by atoms with Crippen LogP contribution in [0.4, 0.5) is 0 Å². The van der Waals surface area contributed by atoms with E-state index in [9.17, 15) is 0 Å². The van der Waals surface area contributed by atoms with Gasteiger partial charge in [0.2, 0.25) is 0 Å². The average molecular weight is 623 g/mol. The third-order valence-electron chi connectivity index (χ3n) is 11.1. The van der Waals surface area contributed by atoms with E-state index >= 15 is 0 Å². The zero-order chi connectivity index (χ0) is 31.3. The summed E-state index contributed by atoms with van der Waals surface area (Å²) in [6.45, 7) is 6.48. The third kappa shape index (κ3) is 4.50. The van der Waals surface area contributed by atoms with E-state index in [4.69, 9.17) is 9.47 Å². The van der Waals surface area contributed by atoms with E-state index in [1.165, 1.54) is 49.0 Å². The number of hydrogen-bond acceptors (Lipinski definition) is 3. The predicted molar refractivity (Wildman–Crippen MR) is 193 cm³/mol. The van der Waals surface area contributed by atoms with Crippen LogP contribution in [-0.2, 0) is 22.2 Å². The number of fused-ring (bicyclic) bond motifs is 8. The molecule has 2 nitrogen and oxygen atoms in total. The molecule has 1 fully saturated rings. The molecule has 46 heavy (non-hydrogen) atoms. The molecule has 0 N–H and O–H groups in total. The molecule has 0 spiro atoms. The highest BCUT2D eigenvalue weighted by Crippen LogP contribution is 2.60. The van der Waals surface area contributed by atoms with Crippen molar-refractivity contribution in [3.8, 4) is 16.9 Å². The largest absolute Gasteiger partial charge is 0.472 e. The lowest BCUT2D eigenvalue weighted by molar-refractivity contribution is 0.0665. The van der Waals surface area contributed by atoms with Crippen molar-refractivity contribution in [3.05, 3.63) is 137 Å². The highest BCUT2D eigenvalue weighted by atomic mass is 32.2. The molecule has 3 aliphatic rings. The van der Waals surface area contributed by atoms with Crippen LogP contribution < -0.4 is 4.74 Å². The fourth-order valence-electron chi connectivity index (χ4n) is 8.60. The molecule has 1 unspecified atom stereocenters. The first-order valence-electron chi connectivity index (χ1n) is 17.0. The quantitative estimate of drug-likeness (QED) is 0.168. The monoisotopic (exact) mass is 622 g/mol. The molecule has 0 saturated carbocycles. The van der Waals surface area contributed by atoms with Crippen LogP contribution in [-0.4, -0.2) is 19.5 Å². The molecular formula is C43H42O2S. The number of thioether (sulfide) groups is 1. The van der Waals surface area contributed by atoms with Crippen LogP contribution >= 0.6 is 11.8 Å². The lowest BCUT2D eigenvalue weighted by Crippen LogP contribution is -2.35. The van der Waals surface area contributed by atoms with E-state index in [-0.39, 0.29) is 5.41 Å². The highest BCUT2D eigenvalue weighted by molar-refractivity contribution is 7.98. The van der Waals surface area contributed by atoms with Crippen molar-refractivity contribution in [1.29, 1.82) is 0 Å². The van der Waals surface area contributed by atoms with Crippen molar-refractivity contribution in [2.24, 2.45) is 5.92 Å². The van der Waals surface area contributed by atoms with E-state index in [0.29, 0.717) is 5.92 Å². The normalized spacial score (nSPS) is 19.8. The molecular weight excluding hydrogens is 581 g/mol. The Labute approximate surface area is 277 Å². The van der Waals surface area contributed by atoms with Crippen LogP contribution in [0, 0.1) is 5.92 Å². The smallest absolute Gasteiger partial charge is 0.178 e. The molecule has 2 aliphatic heterocycles. The van der Waals surface area contributed by atoms with Gasteiger partial charge in [0, 0.05) is 45.6 Å². The van der Waals surface area contributed by atoms with Crippen LogP contribution in [0.15, 0.2) is 108 Å². The van der Waals surface area contributed by atoms with Gasteiger partial charge in [0.1, 0.15) is 5.75 Å². The second-order valence-electron chi connectivity index (χ2n) is 13.2. The van der Waals surface area contributed by atoms with E-state index in [1.807, 2.05) is 0 Å². The third-order valence-corrected chi connectivity index (χ3v) is 11.8. The van der Waals surface area contributed by atoms with Crippen LogP contribution in [0.3, 0.4) is 0 Å². The van der Waals surface area contributed by atoms with E-state index in [2.05, 4.69) is 129 Å². The number of rotatable bonds is 7. The first kappa shape index (κ1) is 29.6. The molecule has 1 saturated heterocycles. The number of hydrogen-bond donors (Lipinski definition) is 0. The minimum absolute atomic E-state index is 0.0609. The fourth-order valence-corrected chi connectivity index (χ4v) is 9.04. The van der Waals surface area contributed by atoms with E-state index in [1.54, 1.807) is 11.8 Å². The van der Waals surface area contributed by atoms with Gasteiger partial charge in [-0.05, 0) is 95.7 Å². The highest BCUT2D eigenvalue weighted by Gasteiger charge is 2.46. The first-order valence-corrected chi connectivity index (χ1v) is 18.2. The molecule has 5 aromatic rings. The summed E-state index contributed by atoms with van der Waals surface area (Å²) in [5, 5.41) is 2.48. The van der Waals surface area contributed by atoms with Crippen LogP contribution in [0.25, 0.3) is 28.0 Å². The molecule has 0 radical (unpaired) electrons. The maximum atomic E-state index is 7.59. The maximum Gasteiger partial charge on any atom is 0.178 e. The van der Waals surface area contributed by atoms with E-state index < -0.39 is 5.60 Å². The van der Waals surface area contributed by atoms with Crippen molar-refractivity contribution in [2.75, 3.05) is 19.5 Å². The van der Waals surface area contributed by atoms with Gasteiger partial charge in [0.25, 0.3) is 0 Å². The summed E-state index contributed by atoms with van der Waals surface area (Å²) < 4.78 is 13.2. The SMILES string of the molecule is CCC1(CC)c2ccccc2-c2c1c1c(c3cc(SC)ccc23)OC(c2ccccc2)(c2ccc(CC3CCOCC3)cc2)C=C1. The lowest BCUT2D eigenvalue weighted by Gasteiger charge is -2.39. The molecule has 232 valence electrons. The van der Waals surface area contributed by atoms with Crippen molar-refractivity contribution in [1.82, 2.24) is 0 Å². The average Bonchev–Trinajstić information content (AvgIpc) is 3.43. The van der Waals surface area contributed by atoms with Gasteiger partial charge in [-0.25, -0.2) is 0 Å². The van der Waals surface area contributed by atoms with Crippen molar-refractivity contribution in [3.63, 3.8) is 0 Å². The molecule has 0 amide bonds. The molecule has 8 rings (SSSR count). The summed E-state index contributed by atoms with van der Waals surface area (Å²) in [7, 11) is 0. The lowest BCUT2D eigenvalue weighted by atomic mass is 9.71. The van der Waals surface area contributed by atoms with Crippen LogP contribution in [0.5, 0.6) is 5.75 Å². The molecule has 1 aliphatic carbocycles. The first-order chi connectivity index (χ1) is 22.6. The van der Waals surface area contributed by atoms with Gasteiger partial charge in [0.05, 0.1) is 0 Å². The molecule has 0 bridgehead atoms. The van der Waals surface area contributed by atoms with Gasteiger partial charge < -0.3 is 9.47 Å². The Bertz CT molecular complexity index is 1930. The van der Waals surface area contributed by atoms with Crippen molar-refractivity contribution >= 4 is 28.6 Å². The Morgan fingerprint density at radius 1 is 0.783 bits per heavy atom. The van der Waals surface area contributed by atoms with Crippen LogP contribution in [0.1, 0.15) is 72.9 Å². The van der Waals surface area contributed by atoms with Gasteiger partial charge in [-0.1, -0.05) is 105 Å². The molecule has 1 atom stereocenters. The minimum atomic E-state index is -0.742. The van der Waals surface area contributed by atoms with E-state index in [0.717, 1.165) is 62.2 Å². The zero-order valence-electron chi connectivity index (χ0n) is 27.1. The Morgan fingerprint density at radius 3 is 2.24 bits per heavy atom. The Hall–Kier alpha value is -3.79. The summed E-state index contributed by atoms with van der Waals surface area (Å²) in [6.07, 6.45) is 12.4. The van der Waals surface area contributed by atoms with Gasteiger partial charge in [0.15, 0.2) is 5.60 Å². The summed E-state index contributed by atoms with van der Waals surface area (Å²) in [5.41, 5.74) is 9.77. The maximum absolute atomic E-state index is 7.59. The van der Waals surface area contributed by atoms with Crippen LogP contribution in [0.2, 0.25) is 0 Å². The standard InChI is InChI=1S/C43H42O2S/c1-4-42(5-2)38-14-10-9-13-35(38)39-34-20-19-33(46-3)28-37(34)41-36(40(39)42)21-24-43(45-41,31-11-7-6-8-12-31)32-17-15-29(16-18-32)27-30-22-25-44-26-23-30/h6-21,24,28,30H,4-5,22-23,25-27H2,1-3H3.